The molecule has 1 amide bonds. The number of hydrogen-bond donors (Lipinski definition) is 2. The first-order valence-corrected chi connectivity index (χ1v) is 6.29. The molecule has 1 saturated heterocycles. The van der Waals surface area contributed by atoms with Gasteiger partial charge in [0.25, 0.3) is 11.6 Å². The normalized spacial score (nSPS) is 14.8. The van der Waals surface area contributed by atoms with Gasteiger partial charge in [-0.25, -0.2) is 5.84 Å². The van der Waals surface area contributed by atoms with Crippen LogP contribution in [0.3, 0.4) is 0 Å². The van der Waals surface area contributed by atoms with E-state index in [1.54, 1.807) is 12.1 Å². The summed E-state index contributed by atoms with van der Waals surface area (Å²) in [6, 6.07) is 6.50. The van der Waals surface area contributed by atoms with Gasteiger partial charge in [-0.05, 0) is 25.0 Å². The molecule has 1 fully saturated rings. The maximum atomic E-state index is 11.1. The summed E-state index contributed by atoms with van der Waals surface area (Å²) in [5.74, 6) is 4.75. The van der Waals surface area contributed by atoms with Gasteiger partial charge >= 0.3 is 0 Å². The highest BCUT2D eigenvalue weighted by atomic mass is 16.6. The summed E-state index contributed by atoms with van der Waals surface area (Å²) < 4.78 is 0. The van der Waals surface area contributed by atoms with Crippen molar-refractivity contribution in [2.45, 2.75) is 12.8 Å². The first-order valence-electron chi connectivity index (χ1n) is 6.29. The second-order valence-corrected chi connectivity index (χ2v) is 4.57. The van der Waals surface area contributed by atoms with Gasteiger partial charge in [0.05, 0.1) is 4.92 Å². The summed E-state index contributed by atoms with van der Waals surface area (Å²) in [7, 11) is 0. The summed E-state index contributed by atoms with van der Waals surface area (Å²) in [6.07, 6.45) is 3.10. The number of nitrogens with zero attached hydrogens (tertiary/aromatic N) is 2. The molecule has 0 aromatic heterocycles. The molecule has 1 aliphatic heterocycles. The second kappa shape index (κ2) is 6.16. The highest BCUT2D eigenvalue weighted by molar-refractivity contribution is 5.87. The van der Waals surface area contributed by atoms with Crippen molar-refractivity contribution in [2.75, 3.05) is 18.0 Å². The number of rotatable bonds is 3. The molecule has 0 saturated carbocycles. The van der Waals surface area contributed by atoms with E-state index in [9.17, 15) is 14.9 Å². The van der Waals surface area contributed by atoms with Crippen LogP contribution in [-0.4, -0.2) is 23.9 Å². The van der Waals surface area contributed by atoms with Crippen LogP contribution in [-0.2, 0) is 4.79 Å². The maximum absolute atomic E-state index is 11.1. The first kappa shape index (κ1) is 14.0. The van der Waals surface area contributed by atoms with Crippen molar-refractivity contribution < 1.29 is 9.72 Å². The molecule has 0 spiro atoms. The van der Waals surface area contributed by atoms with Gasteiger partial charge in [0.1, 0.15) is 0 Å². The summed E-state index contributed by atoms with van der Waals surface area (Å²) in [5.41, 5.74) is 4.19. The average Bonchev–Trinajstić information content (AvgIpc) is 2.48. The lowest BCUT2D eigenvalue weighted by atomic mass is 10.0. The van der Waals surface area contributed by atoms with Crippen LogP contribution >= 0.6 is 0 Å². The van der Waals surface area contributed by atoms with Crippen molar-refractivity contribution in [3.05, 3.63) is 46.0 Å². The zero-order valence-electron chi connectivity index (χ0n) is 10.9. The molecule has 0 aliphatic carbocycles. The Bertz CT molecular complexity index is 529. The van der Waals surface area contributed by atoms with E-state index in [1.807, 2.05) is 0 Å². The number of benzene rings is 1. The van der Waals surface area contributed by atoms with Crippen LogP contribution in [0.15, 0.2) is 35.9 Å². The van der Waals surface area contributed by atoms with Gasteiger partial charge in [0.2, 0.25) is 0 Å². The number of hydrazine groups is 1. The van der Waals surface area contributed by atoms with Crippen molar-refractivity contribution in [2.24, 2.45) is 5.84 Å². The Morgan fingerprint density at radius 2 is 1.90 bits per heavy atom. The molecule has 1 aliphatic rings. The van der Waals surface area contributed by atoms with E-state index < -0.39 is 4.92 Å². The monoisotopic (exact) mass is 276 g/mol. The van der Waals surface area contributed by atoms with Crippen LogP contribution in [0, 0.1) is 10.1 Å². The Balaban J connectivity index is 1.98. The molecule has 20 heavy (non-hydrogen) atoms. The number of nitro groups is 1. The number of nitrogens with two attached hydrogens (primary N) is 1. The summed E-state index contributed by atoms with van der Waals surface area (Å²) in [5, 5.41) is 10.6. The number of nitro benzene ring substituents is 1. The first-order chi connectivity index (χ1) is 9.60. The number of amides is 1. The Morgan fingerprint density at radius 3 is 2.40 bits per heavy atom. The number of carbonyl (C=O) groups excluding carboxylic acids is 1. The van der Waals surface area contributed by atoms with Crippen LogP contribution in [0.2, 0.25) is 0 Å². The lowest BCUT2D eigenvalue weighted by Crippen LogP contribution is -2.32. The third-order valence-corrected chi connectivity index (χ3v) is 3.31. The summed E-state index contributed by atoms with van der Waals surface area (Å²) in [4.78, 5) is 23.5. The van der Waals surface area contributed by atoms with E-state index in [1.165, 1.54) is 18.2 Å². The fourth-order valence-corrected chi connectivity index (χ4v) is 2.21. The number of hydrogen-bond acceptors (Lipinski definition) is 5. The molecule has 0 bridgehead atoms. The predicted octanol–water partition coefficient (Wildman–Crippen LogP) is 1.11. The highest BCUT2D eigenvalue weighted by Gasteiger charge is 2.16. The molecule has 1 heterocycles. The molecule has 2 rings (SSSR count). The van der Waals surface area contributed by atoms with E-state index in [0.717, 1.165) is 37.2 Å². The van der Waals surface area contributed by atoms with Gasteiger partial charge in [0, 0.05) is 37.0 Å². The zero-order chi connectivity index (χ0) is 14.5. The molecule has 1 aromatic carbocycles. The number of non-ortho nitro benzene ring substituents is 1. The van der Waals surface area contributed by atoms with Crippen LogP contribution in [0.25, 0.3) is 0 Å². The van der Waals surface area contributed by atoms with Crippen molar-refractivity contribution in [1.82, 2.24) is 5.43 Å². The molecule has 0 radical (unpaired) electrons. The van der Waals surface area contributed by atoms with Gasteiger partial charge in [-0.1, -0.05) is 5.57 Å². The van der Waals surface area contributed by atoms with E-state index in [2.05, 4.69) is 10.3 Å². The quantitative estimate of drug-likeness (QED) is 0.283. The molecular weight excluding hydrogens is 260 g/mol. The highest BCUT2D eigenvalue weighted by Crippen LogP contribution is 2.24. The van der Waals surface area contributed by atoms with Crippen molar-refractivity contribution in [3.63, 3.8) is 0 Å². The fourth-order valence-electron chi connectivity index (χ4n) is 2.21. The molecule has 3 N–H and O–H groups in total. The average molecular weight is 276 g/mol. The third kappa shape index (κ3) is 3.33. The number of carbonyl (C=O) groups is 1. The van der Waals surface area contributed by atoms with Crippen molar-refractivity contribution in [3.8, 4) is 0 Å². The Labute approximate surface area is 116 Å². The third-order valence-electron chi connectivity index (χ3n) is 3.31. The molecule has 7 heteroatoms. The van der Waals surface area contributed by atoms with Crippen molar-refractivity contribution in [1.29, 1.82) is 0 Å². The minimum Gasteiger partial charge on any atom is -0.371 e. The topological polar surface area (TPSA) is 102 Å². The van der Waals surface area contributed by atoms with E-state index in [0.29, 0.717) is 0 Å². The summed E-state index contributed by atoms with van der Waals surface area (Å²) >= 11 is 0. The molecule has 7 nitrogen and oxygen atoms in total. The lowest BCUT2D eigenvalue weighted by molar-refractivity contribution is -0.384. The zero-order valence-corrected chi connectivity index (χ0v) is 10.9. The number of piperidine rings is 1. The van der Waals surface area contributed by atoms with Crippen LogP contribution in [0.4, 0.5) is 11.4 Å². The number of anilines is 1. The fraction of sp³-hybridized carbons (Fsp3) is 0.308. The molecule has 106 valence electrons. The minimum atomic E-state index is -0.410. The maximum Gasteiger partial charge on any atom is 0.269 e. The smallest absolute Gasteiger partial charge is 0.269 e. The molecule has 1 aromatic rings. The summed E-state index contributed by atoms with van der Waals surface area (Å²) in [6.45, 7) is 1.56. The van der Waals surface area contributed by atoms with E-state index in [-0.39, 0.29) is 11.6 Å². The van der Waals surface area contributed by atoms with Crippen molar-refractivity contribution >= 4 is 17.3 Å². The molecular formula is C13H16N4O3. The van der Waals surface area contributed by atoms with Gasteiger partial charge in [-0.3, -0.25) is 20.3 Å². The number of nitrogens with one attached hydrogen (secondary N) is 1. The lowest BCUT2D eigenvalue weighted by Gasteiger charge is -2.30. The Morgan fingerprint density at radius 1 is 1.30 bits per heavy atom. The largest absolute Gasteiger partial charge is 0.371 e. The van der Waals surface area contributed by atoms with Crippen LogP contribution in [0.1, 0.15) is 12.8 Å². The SMILES string of the molecule is NNC(=O)C=C1CCN(c2ccc([N+](=O)[O-])cc2)CC1. The van der Waals surface area contributed by atoms with Crippen LogP contribution < -0.4 is 16.2 Å². The van der Waals surface area contributed by atoms with Gasteiger partial charge in [-0.15, -0.1) is 0 Å². The molecule has 0 unspecified atom stereocenters. The Kier molecular flexibility index (Phi) is 4.31. The van der Waals surface area contributed by atoms with Gasteiger partial charge in [0.15, 0.2) is 0 Å². The van der Waals surface area contributed by atoms with E-state index in [4.69, 9.17) is 5.84 Å². The van der Waals surface area contributed by atoms with E-state index >= 15 is 0 Å². The van der Waals surface area contributed by atoms with Crippen LogP contribution in [0.5, 0.6) is 0 Å². The standard InChI is InChI=1S/C13H16N4O3/c14-15-13(18)9-10-5-7-16(8-6-10)11-1-3-12(4-2-11)17(19)20/h1-4,9H,5-8,14H2,(H,15,18). The van der Waals surface area contributed by atoms with Gasteiger partial charge in [-0.2, -0.15) is 0 Å². The molecule has 0 atom stereocenters. The predicted molar refractivity (Wildman–Crippen MR) is 75.0 cm³/mol. The minimum absolute atomic E-state index is 0.0889. The Hall–Kier alpha value is -2.41. The second-order valence-electron chi connectivity index (χ2n) is 4.57. The van der Waals surface area contributed by atoms with Gasteiger partial charge < -0.3 is 4.90 Å².